The van der Waals surface area contributed by atoms with E-state index in [4.69, 9.17) is 0 Å². The van der Waals surface area contributed by atoms with Crippen LogP contribution in [0.2, 0.25) is 0 Å². The highest BCUT2D eigenvalue weighted by Crippen LogP contribution is 2.22. The van der Waals surface area contributed by atoms with Crippen LogP contribution in [0.1, 0.15) is 27.4 Å². The molecule has 6 nitrogen and oxygen atoms in total. The number of rotatable bonds is 6. The first-order valence-corrected chi connectivity index (χ1v) is 11.4. The molecule has 3 rings (SSSR count). The summed E-state index contributed by atoms with van der Waals surface area (Å²) in [6, 6.07) is 6.99. The number of carbonyl (C=O) groups is 2. The summed E-state index contributed by atoms with van der Waals surface area (Å²) in [5.74, 6) is -0.116. The molecule has 0 saturated carbocycles. The van der Waals surface area contributed by atoms with Gasteiger partial charge in [-0.15, -0.1) is 22.7 Å². The fourth-order valence-electron chi connectivity index (χ4n) is 2.80. The van der Waals surface area contributed by atoms with Gasteiger partial charge < -0.3 is 4.90 Å². The summed E-state index contributed by atoms with van der Waals surface area (Å²) in [7, 11) is -3.47. The Kier molecular flexibility index (Phi) is 5.91. The molecular formula is C17H20N2O4S3. The number of hydrogen-bond donors (Lipinski definition) is 0. The smallest absolute Gasteiger partial charge is 0.252 e. The minimum atomic E-state index is -3.47. The molecule has 0 bridgehead atoms. The number of amides is 1. The topological polar surface area (TPSA) is 74.8 Å². The molecule has 26 heavy (non-hydrogen) atoms. The van der Waals surface area contributed by atoms with E-state index in [0.29, 0.717) is 22.2 Å². The van der Waals surface area contributed by atoms with Gasteiger partial charge in [0.2, 0.25) is 5.91 Å². The number of sulfonamides is 1. The second-order valence-corrected chi connectivity index (χ2v) is 10.5. The quantitative estimate of drug-likeness (QED) is 0.684. The van der Waals surface area contributed by atoms with E-state index in [1.807, 2.05) is 13.0 Å². The third-order valence-electron chi connectivity index (χ3n) is 4.26. The average molecular weight is 413 g/mol. The van der Waals surface area contributed by atoms with Crippen molar-refractivity contribution in [1.29, 1.82) is 0 Å². The van der Waals surface area contributed by atoms with E-state index in [9.17, 15) is 18.0 Å². The van der Waals surface area contributed by atoms with E-state index in [-0.39, 0.29) is 37.6 Å². The molecule has 0 aromatic carbocycles. The Labute approximate surface area is 161 Å². The zero-order chi connectivity index (χ0) is 18.7. The van der Waals surface area contributed by atoms with Gasteiger partial charge in [0.15, 0.2) is 5.78 Å². The van der Waals surface area contributed by atoms with Crippen LogP contribution in [0.5, 0.6) is 0 Å². The largest absolute Gasteiger partial charge is 0.340 e. The first kappa shape index (κ1) is 19.2. The van der Waals surface area contributed by atoms with Crippen molar-refractivity contribution in [3.05, 3.63) is 39.4 Å². The maximum absolute atomic E-state index is 12.5. The number of nitrogens with zero attached hydrogens (tertiary/aromatic N) is 2. The van der Waals surface area contributed by atoms with Crippen LogP contribution in [0.4, 0.5) is 0 Å². The highest BCUT2D eigenvalue weighted by atomic mass is 32.2. The third kappa shape index (κ3) is 4.22. The highest BCUT2D eigenvalue weighted by Gasteiger charge is 2.30. The molecule has 1 aliphatic heterocycles. The number of thiophene rings is 2. The van der Waals surface area contributed by atoms with Crippen LogP contribution in [-0.2, 0) is 14.8 Å². The molecule has 0 spiro atoms. The van der Waals surface area contributed by atoms with Crippen LogP contribution in [0.15, 0.2) is 33.9 Å². The number of hydrogen-bond acceptors (Lipinski definition) is 6. The summed E-state index contributed by atoms with van der Waals surface area (Å²) < 4.78 is 26.7. The number of piperazine rings is 1. The van der Waals surface area contributed by atoms with Crippen molar-refractivity contribution in [3.63, 3.8) is 0 Å². The van der Waals surface area contributed by atoms with Gasteiger partial charge in [0.1, 0.15) is 4.21 Å². The van der Waals surface area contributed by atoms with Crippen molar-refractivity contribution in [1.82, 2.24) is 9.21 Å². The number of ketones is 1. The van der Waals surface area contributed by atoms with Crippen molar-refractivity contribution in [2.75, 3.05) is 26.2 Å². The molecule has 3 heterocycles. The highest BCUT2D eigenvalue weighted by molar-refractivity contribution is 7.91. The molecule has 0 unspecified atom stereocenters. The zero-order valence-corrected chi connectivity index (χ0v) is 16.8. The van der Waals surface area contributed by atoms with Gasteiger partial charge in [-0.05, 0) is 30.5 Å². The molecule has 140 valence electrons. The summed E-state index contributed by atoms with van der Waals surface area (Å²) in [5, 5.41) is 1.73. The first-order valence-electron chi connectivity index (χ1n) is 8.29. The Hall–Kier alpha value is -1.55. The molecule has 1 amide bonds. The van der Waals surface area contributed by atoms with Gasteiger partial charge >= 0.3 is 0 Å². The lowest BCUT2D eigenvalue weighted by Crippen LogP contribution is -2.50. The van der Waals surface area contributed by atoms with E-state index in [1.54, 1.807) is 28.5 Å². The second kappa shape index (κ2) is 7.99. The fourth-order valence-corrected chi connectivity index (χ4v) is 6.20. The van der Waals surface area contributed by atoms with Crippen LogP contribution in [0.25, 0.3) is 0 Å². The van der Waals surface area contributed by atoms with E-state index >= 15 is 0 Å². The maximum atomic E-state index is 12.5. The third-order valence-corrected chi connectivity index (χ3v) is 8.58. The molecule has 0 N–H and O–H groups in total. The van der Waals surface area contributed by atoms with E-state index < -0.39 is 10.0 Å². The predicted octanol–water partition coefficient (Wildman–Crippen LogP) is 2.61. The summed E-state index contributed by atoms with van der Waals surface area (Å²) in [6.45, 7) is 3.22. The van der Waals surface area contributed by atoms with Crippen molar-refractivity contribution in [2.45, 2.75) is 24.0 Å². The minimum absolute atomic E-state index is 0.0182. The van der Waals surface area contributed by atoms with E-state index in [2.05, 4.69) is 0 Å². The lowest BCUT2D eigenvalue weighted by molar-refractivity contribution is -0.132. The Morgan fingerprint density at radius 3 is 2.38 bits per heavy atom. The van der Waals surface area contributed by atoms with Crippen molar-refractivity contribution in [2.24, 2.45) is 0 Å². The van der Waals surface area contributed by atoms with Gasteiger partial charge in [-0.25, -0.2) is 8.42 Å². The Morgan fingerprint density at radius 1 is 1.08 bits per heavy atom. The van der Waals surface area contributed by atoms with Crippen LogP contribution < -0.4 is 0 Å². The Balaban J connectivity index is 1.50. The second-order valence-electron chi connectivity index (χ2n) is 6.05. The van der Waals surface area contributed by atoms with Crippen LogP contribution >= 0.6 is 22.7 Å². The summed E-state index contributed by atoms with van der Waals surface area (Å²) in [5.41, 5.74) is 0. The maximum Gasteiger partial charge on any atom is 0.252 e. The summed E-state index contributed by atoms with van der Waals surface area (Å²) in [6.07, 6.45) is 0.347. The summed E-state index contributed by atoms with van der Waals surface area (Å²) in [4.78, 5) is 27.8. The molecule has 1 fully saturated rings. The molecule has 1 saturated heterocycles. The van der Waals surface area contributed by atoms with Gasteiger partial charge in [0.05, 0.1) is 4.88 Å². The van der Waals surface area contributed by atoms with E-state index in [1.165, 1.54) is 27.0 Å². The summed E-state index contributed by atoms with van der Waals surface area (Å²) >= 11 is 2.63. The monoisotopic (exact) mass is 412 g/mol. The fraction of sp³-hybridized carbons (Fsp3) is 0.412. The number of Topliss-reactive ketones (excluding diaryl/α,β-unsaturated/α-hetero) is 1. The van der Waals surface area contributed by atoms with Gasteiger partial charge in [-0.2, -0.15) is 4.31 Å². The minimum Gasteiger partial charge on any atom is -0.340 e. The average Bonchev–Trinajstić information content (AvgIpc) is 3.31. The molecule has 0 atom stereocenters. The van der Waals surface area contributed by atoms with Crippen molar-refractivity contribution < 1.29 is 18.0 Å². The van der Waals surface area contributed by atoms with Crippen LogP contribution in [0, 0.1) is 6.92 Å². The molecule has 0 aliphatic carbocycles. The Bertz CT molecular complexity index is 879. The Morgan fingerprint density at radius 2 is 1.81 bits per heavy atom. The standard InChI is InChI=1S/C17H20N2O4S3/c1-13-4-6-15(25-13)14(20)5-7-16(21)18-8-10-19(11-9-18)26(22,23)17-3-2-12-24-17/h2-4,6,12H,5,7-11H2,1H3. The SMILES string of the molecule is Cc1ccc(C(=O)CCC(=O)N2CCN(S(=O)(=O)c3cccs3)CC2)s1. The molecular weight excluding hydrogens is 392 g/mol. The van der Waals surface area contributed by atoms with Gasteiger partial charge in [-0.1, -0.05) is 6.07 Å². The van der Waals surface area contributed by atoms with Gasteiger partial charge in [-0.3, -0.25) is 9.59 Å². The normalized spacial score (nSPS) is 16.0. The van der Waals surface area contributed by atoms with Crippen LogP contribution in [0.3, 0.4) is 0 Å². The number of aryl methyl sites for hydroxylation is 1. The lowest BCUT2D eigenvalue weighted by Gasteiger charge is -2.33. The lowest BCUT2D eigenvalue weighted by atomic mass is 10.1. The molecule has 0 radical (unpaired) electrons. The predicted molar refractivity (Wildman–Crippen MR) is 102 cm³/mol. The molecule has 1 aliphatic rings. The molecule has 9 heteroatoms. The van der Waals surface area contributed by atoms with Crippen molar-refractivity contribution >= 4 is 44.4 Å². The molecule has 2 aromatic heterocycles. The van der Waals surface area contributed by atoms with Crippen LogP contribution in [-0.4, -0.2) is 55.5 Å². The van der Waals surface area contributed by atoms with E-state index in [0.717, 1.165) is 4.88 Å². The molecule has 2 aromatic rings. The first-order chi connectivity index (χ1) is 12.4. The van der Waals surface area contributed by atoms with Gasteiger partial charge in [0, 0.05) is 43.9 Å². The van der Waals surface area contributed by atoms with Crippen molar-refractivity contribution in [3.8, 4) is 0 Å². The zero-order valence-electron chi connectivity index (χ0n) is 14.4. The van der Waals surface area contributed by atoms with Gasteiger partial charge in [0.25, 0.3) is 10.0 Å². The number of carbonyl (C=O) groups excluding carboxylic acids is 2.